The molecule has 9 heteroatoms. The zero-order valence-corrected chi connectivity index (χ0v) is 22.4. The molecular weight excluding hydrogens is 470 g/mol. The number of hydrogen-bond acceptors (Lipinski definition) is 6. The number of rotatable bonds is 7. The van der Waals surface area contributed by atoms with Gasteiger partial charge >= 0.3 is 0 Å². The number of carbonyl (C=O) groups is 1. The molecule has 0 bridgehead atoms. The van der Waals surface area contributed by atoms with E-state index in [2.05, 4.69) is 26.1 Å². The molecule has 0 aromatic rings. The van der Waals surface area contributed by atoms with Crippen molar-refractivity contribution in [3.8, 4) is 0 Å². The second-order valence-electron chi connectivity index (χ2n) is 12.2. The van der Waals surface area contributed by atoms with E-state index in [9.17, 15) is 28.5 Å². The van der Waals surface area contributed by atoms with Gasteiger partial charge in [0.1, 0.15) is 0 Å². The molecule has 35 heavy (non-hydrogen) atoms. The van der Waals surface area contributed by atoms with E-state index in [-0.39, 0.29) is 60.0 Å². The number of aliphatic hydroxyl groups excluding tert-OH is 3. The van der Waals surface area contributed by atoms with Crippen LogP contribution in [0.5, 0.6) is 0 Å². The van der Waals surface area contributed by atoms with Crippen molar-refractivity contribution in [1.82, 2.24) is 5.32 Å². The average molecular weight is 518 g/mol. The van der Waals surface area contributed by atoms with Crippen molar-refractivity contribution < 1.29 is 33.1 Å². The van der Waals surface area contributed by atoms with E-state index in [4.69, 9.17) is 4.55 Å². The van der Waals surface area contributed by atoms with Crippen LogP contribution in [0, 0.1) is 40.9 Å². The van der Waals surface area contributed by atoms with Crippen LogP contribution in [0.4, 0.5) is 0 Å². The molecule has 0 aliphatic heterocycles. The molecule has 5 N–H and O–H groups in total. The Balaban J connectivity index is 1.63. The van der Waals surface area contributed by atoms with Gasteiger partial charge in [-0.2, -0.15) is 8.42 Å². The van der Waals surface area contributed by atoms with Gasteiger partial charge in [0.05, 0.1) is 24.1 Å². The molecule has 0 saturated heterocycles. The molecule has 0 radical (unpaired) electrons. The lowest BCUT2D eigenvalue weighted by atomic mass is 9.49. The summed E-state index contributed by atoms with van der Waals surface area (Å²) < 4.78 is 30.4. The van der Waals surface area contributed by atoms with Crippen molar-refractivity contribution in [3.05, 3.63) is 0 Å². The van der Waals surface area contributed by atoms with Gasteiger partial charge in [-0.25, -0.2) is 0 Å². The van der Waals surface area contributed by atoms with E-state index in [0.29, 0.717) is 25.2 Å². The summed E-state index contributed by atoms with van der Waals surface area (Å²) in [6.07, 6.45) is 6.28. The molecular formula is C26H47NO7S. The lowest BCUT2D eigenvalue weighted by Gasteiger charge is -2.57. The Bertz CT molecular complexity index is 821. The first-order valence-electron chi connectivity index (χ1n) is 13.6. The van der Waals surface area contributed by atoms with Crippen molar-refractivity contribution in [2.75, 3.05) is 12.3 Å². The fourth-order valence-corrected chi connectivity index (χ4v) is 8.01. The highest BCUT2D eigenvalue weighted by atomic mass is 32.2. The molecule has 3 aliphatic rings. The number of carbonyl (C=O) groups excluding carboxylic acids is 1. The molecule has 3 saturated carbocycles. The van der Waals surface area contributed by atoms with Gasteiger partial charge in [-0.05, 0) is 92.3 Å². The predicted molar refractivity (Wildman–Crippen MR) is 134 cm³/mol. The van der Waals surface area contributed by atoms with E-state index in [1.807, 2.05) is 0 Å². The van der Waals surface area contributed by atoms with Crippen molar-refractivity contribution in [2.24, 2.45) is 40.9 Å². The number of hydrogen-bond donors (Lipinski definition) is 5. The Morgan fingerprint density at radius 3 is 2.46 bits per heavy atom. The number of fused-ring (bicyclic) bond motifs is 3. The molecule has 204 valence electrons. The minimum atomic E-state index is -4.09. The Morgan fingerprint density at radius 2 is 1.77 bits per heavy atom. The first kappa shape index (κ1) is 28.8. The summed E-state index contributed by atoms with van der Waals surface area (Å²) in [5.41, 5.74) is 0.0317. The van der Waals surface area contributed by atoms with Crippen LogP contribution < -0.4 is 5.32 Å². The number of aliphatic hydroxyl groups is 3. The van der Waals surface area contributed by atoms with E-state index in [1.54, 1.807) is 0 Å². The molecule has 0 unspecified atom stereocenters. The highest BCUT2D eigenvalue weighted by Crippen LogP contribution is 2.59. The molecule has 0 spiro atoms. The highest BCUT2D eigenvalue weighted by molar-refractivity contribution is 7.85. The number of amides is 1. The highest BCUT2D eigenvalue weighted by Gasteiger charge is 2.55. The third-order valence-corrected chi connectivity index (χ3v) is 10.6. The van der Waals surface area contributed by atoms with Gasteiger partial charge in [0.25, 0.3) is 10.1 Å². The summed E-state index contributed by atoms with van der Waals surface area (Å²) in [5, 5.41) is 35.2. The first-order valence-corrected chi connectivity index (χ1v) is 15.2. The standard InChI is InChI=1S/C26H47NO7S/c1-16(5-7-24(31)27-10-11-35(32,33)34)18-6-4-17(2)25-22(15-21(29)12-18)26(3)9-8-20(28)13-19(26)14-23(25)30/h16-23,25,28-30H,4-15H2,1-3H3,(H,27,31)(H,32,33,34)/t16-,17+,18+,19+,20-,21-,22+,23-,25+,26+/m1/s1. The minimum Gasteiger partial charge on any atom is -0.393 e. The lowest BCUT2D eigenvalue weighted by Crippen LogP contribution is -2.54. The van der Waals surface area contributed by atoms with E-state index < -0.39 is 28.1 Å². The van der Waals surface area contributed by atoms with Gasteiger partial charge in [-0.1, -0.05) is 27.2 Å². The van der Waals surface area contributed by atoms with Crippen LogP contribution in [0.3, 0.4) is 0 Å². The van der Waals surface area contributed by atoms with Crippen molar-refractivity contribution in [3.63, 3.8) is 0 Å². The van der Waals surface area contributed by atoms with Crippen LogP contribution in [0.1, 0.15) is 85.0 Å². The van der Waals surface area contributed by atoms with Crippen LogP contribution in [-0.2, 0) is 14.9 Å². The molecule has 8 nitrogen and oxygen atoms in total. The fraction of sp³-hybridized carbons (Fsp3) is 0.962. The monoisotopic (exact) mass is 517 g/mol. The molecule has 0 heterocycles. The summed E-state index contributed by atoms with van der Waals surface area (Å²) >= 11 is 0. The largest absolute Gasteiger partial charge is 0.393 e. The Hall–Kier alpha value is -0.740. The molecule has 10 atom stereocenters. The lowest BCUT2D eigenvalue weighted by molar-refractivity contribution is -0.143. The minimum absolute atomic E-state index is 0.0317. The van der Waals surface area contributed by atoms with Crippen LogP contribution in [0.2, 0.25) is 0 Å². The van der Waals surface area contributed by atoms with Crippen LogP contribution in [0.15, 0.2) is 0 Å². The van der Waals surface area contributed by atoms with Crippen molar-refractivity contribution in [2.45, 2.75) is 103 Å². The fourth-order valence-electron chi connectivity index (χ4n) is 7.65. The molecule has 3 aliphatic carbocycles. The van der Waals surface area contributed by atoms with Crippen molar-refractivity contribution >= 4 is 16.0 Å². The maximum Gasteiger partial charge on any atom is 0.266 e. The SMILES string of the molecule is C[C@H](CCC(=O)NCCS(=O)(=O)O)[C@H]1CC[C@H](C)[C@@H]2[C@H](O)C[C@@H]3C[C@H](O)CC[C@]3(C)[C@H]2C[C@H](O)C1. The third-order valence-electron chi connectivity index (χ3n) is 9.85. The summed E-state index contributed by atoms with van der Waals surface area (Å²) in [4.78, 5) is 12.1. The van der Waals surface area contributed by atoms with E-state index >= 15 is 0 Å². The zero-order valence-electron chi connectivity index (χ0n) is 21.6. The second kappa shape index (κ2) is 11.8. The molecule has 0 aromatic heterocycles. The summed E-state index contributed by atoms with van der Waals surface area (Å²) in [6, 6.07) is 0. The van der Waals surface area contributed by atoms with Gasteiger partial charge in [0.2, 0.25) is 5.91 Å². The Kier molecular flexibility index (Phi) is 9.68. The summed E-state index contributed by atoms with van der Waals surface area (Å²) in [7, 11) is -4.09. The van der Waals surface area contributed by atoms with Crippen LogP contribution >= 0.6 is 0 Å². The van der Waals surface area contributed by atoms with Gasteiger partial charge in [0, 0.05) is 13.0 Å². The smallest absolute Gasteiger partial charge is 0.266 e. The van der Waals surface area contributed by atoms with Gasteiger partial charge in [-0.3, -0.25) is 9.35 Å². The molecule has 3 fully saturated rings. The van der Waals surface area contributed by atoms with Gasteiger partial charge < -0.3 is 20.6 Å². The van der Waals surface area contributed by atoms with Crippen molar-refractivity contribution in [1.29, 1.82) is 0 Å². The van der Waals surface area contributed by atoms with Crippen LogP contribution in [0.25, 0.3) is 0 Å². The van der Waals surface area contributed by atoms with Gasteiger partial charge in [0.15, 0.2) is 0 Å². The van der Waals surface area contributed by atoms with E-state index in [1.165, 1.54) is 0 Å². The number of nitrogens with one attached hydrogen (secondary N) is 1. The summed E-state index contributed by atoms with van der Waals surface area (Å²) in [6.45, 7) is 6.58. The topological polar surface area (TPSA) is 144 Å². The Morgan fingerprint density at radius 1 is 1.06 bits per heavy atom. The maximum absolute atomic E-state index is 12.1. The molecule has 3 rings (SSSR count). The van der Waals surface area contributed by atoms with Gasteiger partial charge in [-0.15, -0.1) is 0 Å². The van der Waals surface area contributed by atoms with E-state index in [0.717, 1.165) is 38.5 Å². The third kappa shape index (κ3) is 7.40. The average Bonchev–Trinajstić information content (AvgIpc) is 2.81. The van der Waals surface area contributed by atoms with Crippen LogP contribution in [-0.4, -0.2) is 64.8 Å². The molecule has 1 amide bonds. The Labute approximate surface area is 211 Å². The second-order valence-corrected chi connectivity index (χ2v) is 13.8. The maximum atomic E-state index is 12.1. The first-order chi connectivity index (χ1) is 16.3. The zero-order chi connectivity index (χ0) is 26.0. The predicted octanol–water partition coefficient (Wildman–Crippen LogP) is 2.76. The normalized spacial score (nSPS) is 41.5. The summed E-state index contributed by atoms with van der Waals surface area (Å²) in [5.74, 6) is 0.785. The quantitative estimate of drug-likeness (QED) is 0.327. The molecule has 0 aromatic carbocycles.